The number of amides is 2. The number of carbonyl (C=O) groups is 3. The van der Waals surface area contributed by atoms with Crippen LogP contribution in [0.1, 0.15) is 50.4 Å². The quantitative estimate of drug-likeness (QED) is 0.713. The van der Waals surface area contributed by atoms with Crippen LogP contribution in [0.3, 0.4) is 0 Å². The van der Waals surface area contributed by atoms with Gasteiger partial charge in [-0.15, -0.1) is 0 Å². The van der Waals surface area contributed by atoms with Crippen LogP contribution < -0.4 is 15.5 Å². The lowest BCUT2D eigenvalue weighted by Crippen LogP contribution is -2.56. The van der Waals surface area contributed by atoms with Gasteiger partial charge in [-0.25, -0.2) is 0 Å². The number of hydrogen-bond donors (Lipinski definition) is 2. The summed E-state index contributed by atoms with van der Waals surface area (Å²) in [6.07, 6.45) is 2.82. The minimum atomic E-state index is -0.698. The van der Waals surface area contributed by atoms with Crippen molar-refractivity contribution in [3.05, 3.63) is 29.8 Å². The van der Waals surface area contributed by atoms with E-state index in [1.54, 1.807) is 6.07 Å². The molecule has 3 rings (SSSR count). The summed E-state index contributed by atoms with van der Waals surface area (Å²) in [6.45, 7) is 8.33. The molecular weight excluding hydrogens is 382 g/mol. The SMILES string of the molecule is CC(C)CC(NC(=O)c1cccc(N2CCCC2)c1)C(=O)N[C@@H]1C(=O)COC[C@H]1C. The van der Waals surface area contributed by atoms with Gasteiger partial charge in [0.1, 0.15) is 12.6 Å². The fourth-order valence-corrected chi connectivity index (χ4v) is 4.09. The zero-order valence-electron chi connectivity index (χ0n) is 18.1. The highest BCUT2D eigenvalue weighted by Crippen LogP contribution is 2.21. The molecule has 2 amide bonds. The second kappa shape index (κ2) is 10.1. The van der Waals surface area contributed by atoms with Gasteiger partial charge >= 0.3 is 0 Å². The van der Waals surface area contributed by atoms with Crippen LogP contribution in [0.4, 0.5) is 5.69 Å². The predicted octanol–water partition coefficient (Wildman–Crippen LogP) is 2.15. The Hall–Kier alpha value is -2.41. The average molecular weight is 416 g/mol. The number of ketones is 1. The third kappa shape index (κ3) is 5.59. The molecule has 1 unspecified atom stereocenters. The van der Waals surface area contributed by atoms with Gasteiger partial charge in [-0.05, 0) is 43.4 Å². The molecule has 1 aromatic carbocycles. The monoisotopic (exact) mass is 415 g/mol. The van der Waals surface area contributed by atoms with Gasteiger partial charge < -0.3 is 20.3 Å². The Labute approximate surface area is 178 Å². The Morgan fingerprint density at radius 1 is 1.23 bits per heavy atom. The van der Waals surface area contributed by atoms with Crippen LogP contribution in [-0.2, 0) is 14.3 Å². The lowest BCUT2D eigenvalue weighted by molar-refractivity contribution is -0.137. The first-order chi connectivity index (χ1) is 14.3. The van der Waals surface area contributed by atoms with Gasteiger partial charge in [0.15, 0.2) is 5.78 Å². The topological polar surface area (TPSA) is 87.7 Å². The van der Waals surface area contributed by atoms with Crippen molar-refractivity contribution < 1.29 is 19.1 Å². The molecular formula is C23H33N3O4. The number of anilines is 1. The van der Waals surface area contributed by atoms with Crippen molar-refractivity contribution in [3.63, 3.8) is 0 Å². The van der Waals surface area contributed by atoms with E-state index in [1.807, 2.05) is 39.0 Å². The van der Waals surface area contributed by atoms with E-state index >= 15 is 0 Å². The summed E-state index contributed by atoms with van der Waals surface area (Å²) in [5.41, 5.74) is 1.57. The molecule has 2 fully saturated rings. The van der Waals surface area contributed by atoms with E-state index in [9.17, 15) is 14.4 Å². The molecule has 2 saturated heterocycles. The molecule has 3 atom stereocenters. The lowest BCUT2D eigenvalue weighted by atomic mass is 9.95. The van der Waals surface area contributed by atoms with E-state index in [2.05, 4.69) is 15.5 Å². The largest absolute Gasteiger partial charge is 0.373 e. The van der Waals surface area contributed by atoms with Crippen LogP contribution in [0.2, 0.25) is 0 Å². The van der Waals surface area contributed by atoms with Gasteiger partial charge in [-0.3, -0.25) is 14.4 Å². The second-order valence-corrected chi connectivity index (χ2v) is 8.85. The number of nitrogens with zero attached hydrogens (tertiary/aromatic N) is 1. The van der Waals surface area contributed by atoms with Crippen molar-refractivity contribution >= 4 is 23.3 Å². The Bertz CT molecular complexity index is 773. The third-order valence-corrected chi connectivity index (χ3v) is 5.75. The van der Waals surface area contributed by atoms with Crippen LogP contribution >= 0.6 is 0 Å². The number of ether oxygens (including phenoxy) is 1. The van der Waals surface area contributed by atoms with Crippen molar-refractivity contribution in [1.29, 1.82) is 0 Å². The van der Waals surface area contributed by atoms with Crippen molar-refractivity contribution in [2.75, 3.05) is 31.2 Å². The molecule has 0 aliphatic carbocycles. The molecule has 2 aliphatic rings. The molecule has 0 aromatic heterocycles. The maximum absolute atomic E-state index is 13.0. The van der Waals surface area contributed by atoms with Gasteiger partial charge in [-0.1, -0.05) is 26.8 Å². The Kier molecular flexibility index (Phi) is 7.48. The van der Waals surface area contributed by atoms with Gasteiger partial charge in [0.2, 0.25) is 5.91 Å². The molecule has 30 heavy (non-hydrogen) atoms. The first kappa shape index (κ1) is 22.3. The molecule has 1 aromatic rings. The second-order valence-electron chi connectivity index (χ2n) is 8.85. The summed E-state index contributed by atoms with van der Waals surface area (Å²) >= 11 is 0. The normalized spacial score (nSPS) is 22.8. The van der Waals surface area contributed by atoms with Crippen LogP contribution in [-0.4, -0.2) is 56.0 Å². The number of nitrogens with one attached hydrogen (secondary N) is 2. The highest BCUT2D eigenvalue weighted by atomic mass is 16.5. The maximum Gasteiger partial charge on any atom is 0.252 e. The molecule has 2 heterocycles. The number of carbonyl (C=O) groups excluding carboxylic acids is 3. The smallest absolute Gasteiger partial charge is 0.252 e. The van der Waals surface area contributed by atoms with E-state index < -0.39 is 12.1 Å². The molecule has 0 radical (unpaired) electrons. The van der Waals surface area contributed by atoms with Crippen LogP contribution in [0.5, 0.6) is 0 Å². The van der Waals surface area contributed by atoms with Crippen molar-refractivity contribution in [3.8, 4) is 0 Å². The van der Waals surface area contributed by atoms with Crippen LogP contribution in [0.25, 0.3) is 0 Å². The van der Waals surface area contributed by atoms with E-state index in [0.717, 1.165) is 31.6 Å². The standard InChI is InChI=1S/C23H33N3O4/c1-15(2)11-19(23(29)25-21-16(3)13-30-14-20(21)27)24-22(28)17-7-6-8-18(12-17)26-9-4-5-10-26/h6-8,12,15-16,19,21H,4-5,9-11,13-14H2,1-3H3,(H,24,28)(H,25,29)/t16-,19?,21+/m1/s1. The zero-order valence-corrected chi connectivity index (χ0v) is 18.1. The van der Waals surface area contributed by atoms with E-state index in [-0.39, 0.29) is 36.0 Å². The summed E-state index contributed by atoms with van der Waals surface area (Å²) in [7, 11) is 0. The highest BCUT2D eigenvalue weighted by Gasteiger charge is 2.33. The maximum atomic E-state index is 13.0. The molecule has 0 bridgehead atoms. The van der Waals surface area contributed by atoms with Crippen molar-refractivity contribution in [1.82, 2.24) is 10.6 Å². The van der Waals surface area contributed by atoms with Crippen molar-refractivity contribution in [2.45, 2.75) is 52.1 Å². The molecule has 164 valence electrons. The molecule has 0 saturated carbocycles. The molecule has 7 nitrogen and oxygen atoms in total. The van der Waals surface area contributed by atoms with E-state index in [0.29, 0.717) is 18.6 Å². The Balaban J connectivity index is 1.69. The minimum Gasteiger partial charge on any atom is -0.373 e. The number of hydrogen-bond acceptors (Lipinski definition) is 5. The first-order valence-corrected chi connectivity index (χ1v) is 10.9. The molecule has 2 aliphatic heterocycles. The third-order valence-electron chi connectivity index (χ3n) is 5.75. The number of benzene rings is 1. The fraction of sp³-hybridized carbons (Fsp3) is 0.609. The van der Waals surface area contributed by atoms with Gasteiger partial charge in [0, 0.05) is 30.3 Å². The van der Waals surface area contributed by atoms with Crippen LogP contribution in [0.15, 0.2) is 24.3 Å². The van der Waals surface area contributed by atoms with Gasteiger partial charge in [0.25, 0.3) is 5.91 Å². The lowest BCUT2D eigenvalue weighted by Gasteiger charge is -2.30. The first-order valence-electron chi connectivity index (χ1n) is 10.9. The van der Waals surface area contributed by atoms with E-state index in [4.69, 9.17) is 4.74 Å². The summed E-state index contributed by atoms with van der Waals surface area (Å²) in [5, 5.41) is 5.73. The van der Waals surface area contributed by atoms with Crippen LogP contribution in [0, 0.1) is 11.8 Å². The van der Waals surface area contributed by atoms with Gasteiger partial charge in [-0.2, -0.15) is 0 Å². The fourth-order valence-electron chi connectivity index (χ4n) is 4.09. The summed E-state index contributed by atoms with van der Waals surface area (Å²) in [6, 6.07) is 6.27. The minimum absolute atomic E-state index is 0.0137. The number of rotatable bonds is 7. The Morgan fingerprint density at radius 3 is 2.63 bits per heavy atom. The summed E-state index contributed by atoms with van der Waals surface area (Å²) in [5.74, 6) is -0.611. The highest BCUT2D eigenvalue weighted by molar-refractivity contribution is 5.99. The molecule has 0 spiro atoms. The molecule has 7 heteroatoms. The Morgan fingerprint density at radius 2 is 1.97 bits per heavy atom. The van der Waals surface area contributed by atoms with Gasteiger partial charge in [0.05, 0.1) is 12.6 Å². The predicted molar refractivity (Wildman–Crippen MR) is 116 cm³/mol. The summed E-state index contributed by atoms with van der Waals surface area (Å²) < 4.78 is 5.23. The number of Topliss-reactive ketones (excluding diaryl/α,β-unsaturated/α-hetero) is 1. The summed E-state index contributed by atoms with van der Waals surface area (Å²) in [4.78, 5) is 40.3. The average Bonchev–Trinajstić information content (AvgIpc) is 3.25. The molecule has 2 N–H and O–H groups in total. The van der Waals surface area contributed by atoms with Crippen molar-refractivity contribution in [2.24, 2.45) is 11.8 Å². The van der Waals surface area contributed by atoms with E-state index in [1.165, 1.54) is 0 Å². The zero-order chi connectivity index (χ0) is 21.7.